The highest BCUT2D eigenvalue weighted by Crippen LogP contribution is 2.38. The van der Waals surface area contributed by atoms with Crippen LogP contribution < -0.4 is 0 Å². The Hall–Kier alpha value is -3.04. The Morgan fingerprint density at radius 1 is 1.29 bits per heavy atom. The van der Waals surface area contributed by atoms with Crippen molar-refractivity contribution in [1.29, 1.82) is 0 Å². The van der Waals surface area contributed by atoms with Crippen LogP contribution in [0.15, 0.2) is 24.3 Å². The van der Waals surface area contributed by atoms with E-state index in [2.05, 4.69) is 15.9 Å². The van der Waals surface area contributed by atoms with Gasteiger partial charge in [0.1, 0.15) is 6.61 Å². The van der Waals surface area contributed by atoms with Gasteiger partial charge in [-0.3, -0.25) is 9.36 Å². The SMILES string of the molecule is C#Cc1nc2nc(C)c(COC(=O)C(C)(C)C)c-2c(O)n1-c1ccc(Cl)cc1. The van der Waals surface area contributed by atoms with Crippen molar-refractivity contribution < 1.29 is 14.6 Å². The quantitative estimate of drug-likeness (QED) is 0.531. The molecule has 1 aromatic carbocycles. The molecule has 144 valence electrons. The van der Waals surface area contributed by atoms with Gasteiger partial charge < -0.3 is 9.84 Å². The lowest BCUT2D eigenvalue weighted by molar-refractivity contribution is -0.154. The molecular formula is C21H20ClN3O3. The number of aromatic hydroxyl groups is 1. The monoisotopic (exact) mass is 397 g/mol. The summed E-state index contributed by atoms with van der Waals surface area (Å²) in [5.74, 6) is 2.50. The molecule has 0 fully saturated rings. The van der Waals surface area contributed by atoms with Crippen LogP contribution >= 0.6 is 11.6 Å². The third kappa shape index (κ3) is 3.54. The predicted molar refractivity (Wildman–Crippen MR) is 107 cm³/mol. The number of hydrogen-bond donors (Lipinski definition) is 1. The third-order valence-corrected chi connectivity index (χ3v) is 4.52. The van der Waals surface area contributed by atoms with Crippen LogP contribution in [-0.2, 0) is 16.1 Å². The number of fused-ring (bicyclic) bond motifs is 1. The fraction of sp³-hybridized carbons (Fsp3) is 0.286. The summed E-state index contributed by atoms with van der Waals surface area (Å²) in [5.41, 5.74) is 1.55. The van der Waals surface area contributed by atoms with Crippen molar-refractivity contribution in [3.63, 3.8) is 0 Å². The van der Waals surface area contributed by atoms with Crippen molar-refractivity contribution in [3.05, 3.63) is 46.4 Å². The molecule has 28 heavy (non-hydrogen) atoms. The second kappa shape index (κ2) is 7.17. The summed E-state index contributed by atoms with van der Waals surface area (Å²) in [5, 5.41) is 11.6. The van der Waals surface area contributed by atoms with E-state index >= 15 is 0 Å². The molecule has 0 radical (unpaired) electrons. The van der Waals surface area contributed by atoms with E-state index in [-0.39, 0.29) is 24.3 Å². The van der Waals surface area contributed by atoms with Crippen LogP contribution in [-0.4, -0.2) is 25.6 Å². The first-order valence-electron chi connectivity index (χ1n) is 8.64. The van der Waals surface area contributed by atoms with E-state index in [1.165, 1.54) is 4.57 Å². The van der Waals surface area contributed by atoms with Crippen molar-refractivity contribution in [2.24, 2.45) is 5.41 Å². The Balaban J connectivity index is 2.14. The zero-order valence-electron chi connectivity index (χ0n) is 16.1. The summed E-state index contributed by atoms with van der Waals surface area (Å²) in [4.78, 5) is 20.9. The molecule has 0 atom stereocenters. The maximum Gasteiger partial charge on any atom is 0.311 e. The highest BCUT2D eigenvalue weighted by molar-refractivity contribution is 6.30. The van der Waals surface area contributed by atoms with Gasteiger partial charge in [0.25, 0.3) is 0 Å². The van der Waals surface area contributed by atoms with E-state index in [1.54, 1.807) is 52.0 Å². The van der Waals surface area contributed by atoms with E-state index in [0.717, 1.165) is 0 Å². The highest BCUT2D eigenvalue weighted by atomic mass is 35.5. The number of benzene rings is 1. The Bertz CT molecular complexity index is 1060. The normalized spacial score (nSPS) is 11.4. The first-order valence-corrected chi connectivity index (χ1v) is 9.02. The second-order valence-electron chi connectivity index (χ2n) is 7.42. The summed E-state index contributed by atoms with van der Waals surface area (Å²) in [7, 11) is 0. The van der Waals surface area contributed by atoms with Gasteiger partial charge in [-0.1, -0.05) is 11.6 Å². The minimum absolute atomic E-state index is 0.0241. The number of ether oxygens (including phenoxy) is 1. The minimum Gasteiger partial charge on any atom is -0.494 e. The van der Waals surface area contributed by atoms with Gasteiger partial charge in [-0.2, -0.15) is 0 Å². The molecule has 0 saturated carbocycles. The van der Waals surface area contributed by atoms with Gasteiger partial charge in [0.2, 0.25) is 5.88 Å². The number of esters is 1. The fourth-order valence-corrected chi connectivity index (χ4v) is 2.86. The lowest BCUT2D eigenvalue weighted by Gasteiger charge is -2.18. The number of carbonyl (C=O) groups excluding carboxylic acids is 1. The molecule has 6 nitrogen and oxygen atoms in total. The van der Waals surface area contributed by atoms with Crippen molar-refractivity contribution in [1.82, 2.24) is 14.5 Å². The van der Waals surface area contributed by atoms with E-state index in [4.69, 9.17) is 22.8 Å². The van der Waals surface area contributed by atoms with Crippen LogP contribution in [0.5, 0.6) is 5.88 Å². The van der Waals surface area contributed by atoms with Gasteiger partial charge in [-0.25, -0.2) is 9.97 Å². The largest absolute Gasteiger partial charge is 0.494 e. The molecule has 0 saturated heterocycles. The molecule has 2 aliphatic heterocycles. The molecule has 3 rings (SSSR count). The number of hydrogen-bond acceptors (Lipinski definition) is 5. The second-order valence-corrected chi connectivity index (χ2v) is 7.85. The van der Waals surface area contributed by atoms with Crippen molar-refractivity contribution in [2.45, 2.75) is 34.3 Å². The molecule has 0 spiro atoms. The Morgan fingerprint density at radius 3 is 2.50 bits per heavy atom. The Labute approximate surface area is 168 Å². The van der Waals surface area contributed by atoms with Gasteiger partial charge >= 0.3 is 5.97 Å². The van der Waals surface area contributed by atoms with Crippen LogP contribution in [0.3, 0.4) is 0 Å². The maximum absolute atomic E-state index is 12.1. The number of carbonyl (C=O) groups is 1. The Kier molecular flexibility index (Phi) is 5.05. The van der Waals surface area contributed by atoms with Crippen molar-refractivity contribution in [3.8, 4) is 35.3 Å². The smallest absolute Gasteiger partial charge is 0.311 e. The summed E-state index contributed by atoms with van der Waals surface area (Å²) < 4.78 is 6.87. The molecule has 0 bridgehead atoms. The first-order chi connectivity index (χ1) is 13.1. The molecule has 0 unspecified atom stereocenters. The highest BCUT2D eigenvalue weighted by Gasteiger charge is 2.28. The molecule has 2 heterocycles. The number of halogens is 1. The van der Waals surface area contributed by atoms with Gasteiger partial charge in [0.15, 0.2) is 11.6 Å². The van der Waals surface area contributed by atoms with E-state index in [1.807, 2.05) is 0 Å². The summed E-state index contributed by atoms with van der Waals surface area (Å²) in [6, 6.07) is 6.82. The average Bonchev–Trinajstić information content (AvgIpc) is 2.95. The first kappa shape index (κ1) is 19.7. The number of aryl methyl sites for hydroxylation is 1. The molecule has 0 aromatic heterocycles. The van der Waals surface area contributed by atoms with E-state index < -0.39 is 5.41 Å². The number of nitrogens with zero attached hydrogens (tertiary/aromatic N) is 3. The van der Waals surface area contributed by atoms with Crippen LogP contribution in [0.25, 0.3) is 17.1 Å². The molecule has 2 aliphatic rings. The van der Waals surface area contributed by atoms with Crippen molar-refractivity contribution >= 4 is 17.6 Å². The minimum atomic E-state index is -0.635. The van der Waals surface area contributed by atoms with Gasteiger partial charge in [0, 0.05) is 16.3 Å². The van der Waals surface area contributed by atoms with Gasteiger partial charge in [-0.15, -0.1) is 6.42 Å². The molecule has 7 heteroatoms. The molecular weight excluding hydrogens is 378 g/mol. The molecule has 0 aliphatic carbocycles. The summed E-state index contributed by atoms with van der Waals surface area (Å²) in [6.45, 7) is 7.07. The van der Waals surface area contributed by atoms with Crippen LogP contribution in [0.1, 0.15) is 37.9 Å². The number of terminal acetylenes is 1. The zero-order chi connectivity index (χ0) is 20.6. The van der Waals surface area contributed by atoms with Gasteiger partial charge in [-0.05, 0) is 57.9 Å². The molecule has 0 amide bonds. The lowest BCUT2D eigenvalue weighted by atomic mass is 9.97. The van der Waals surface area contributed by atoms with Crippen molar-refractivity contribution in [2.75, 3.05) is 0 Å². The van der Waals surface area contributed by atoms with E-state index in [9.17, 15) is 9.90 Å². The van der Waals surface area contributed by atoms with Crippen LogP contribution in [0.2, 0.25) is 5.02 Å². The van der Waals surface area contributed by atoms with Crippen LogP contribution in [0, 0.1) is 24.7 Å². The third-order valence-electron chi connectivity index (χ3n) is 4.27. The number of rotatable bonds is 3. The topological polar surface area (TPSA) is 77.2 Å². The summed E-state index contributed by atoms with van der Waals surface area (Å²) in [6.07, 6.45) is 5.60. The summed E-state index contributed by atoms with van der Waals surface area (Å²) >= 11 is 5.96. The predicted octanol–water partition coefficient (Wildman–Crippen LogP) is 4.11. The molecule has 1 aromatic rings. The Morgan fingerprint density at radius 2 is 1.93 bits per heavy atom. The van der Waals surface area contributed by atoms with Crippen LogP contribution in [0.4, 0.5) is 0 Å². The number of aromatic nitrogens is 3. The maximum atomic E-state index is 12.1. The lowest BCUT2D eigenvalue weighted by Crippen LogP contribution is -2.22. The van der Waals surface area contributed by atoms with E-state index in [0.29, 0.717) is 33.4 Å². The average molecular weight is 398 g/mol. The fourth-order valence-electron chi connectivity index (χ4n) is 2.74. The zero-order valence-corrected chi connectivity index (χ0v) is 16.8. The standard InChI is InChI=1S/C21H20ClN3O3/c1-6-16-24-18-17(19(26)25(16)14-9-7-13(22)8-10-14)15(12(2)23-18)11-28-20(27)21(3,4)5/h1,7-10,26H,11H2,2-5H3. The van der Waals surface area contributed by atoms with Gasteiger partial charge in [0.05, 0.1) is 16.7 Å². The molecule has 1 N–H and O–H groups in total.